The van der Waals surface area contributed by atoms with Crippen molar-refractivity contribution in [1.82, 2.24) is 0 Å². The Morgan fingerprint density at radius 1 is 0.944 bits per heavy atom. The Hall–Kier alpha value is -0.830. The second kappa shape index (κ2) is 6.37. The van der Waals surface area contributed by atoms with Gasteiger partial charge < -0.3 is 4.74 Å². The molecule has 4 heteroatoms. The molecule has 0 saturated carbocycles. The van der Waals surface area contributed by atoms with E-state index in [1.165, 1.54) is 4.90 Å². The number of hydrogen-bond donors (Lipinski definition) is 0. The van der Waals surface area contributed by atoms with Gasteiger partial charge in [-0.3, -0.25) is 0 Å². The molecular weight excluding hydrogens is 287 g/mol. The molecule has 2 rings (SSSR count). The summed E-state index contributed by atoms with van der Waals surface area (Å²) in [6.45, 7) is 2.13. The smallest absolute Gasteiger partial charge is 0.129 e. The molecule has 2 aromatic rings. The summed E-state index contributed by atoms with van der Waals surface area (Å²) in [6, 6.07) is 13.2. The third-order valence-corrected chi connectivity index (χ3v) is 3.89. The normalized spacial score (nSPS) is 10.4. The average Bonchev–Trinajstić information content (AvgIpc) is 2.37. The summed E-state index contributed by atoms with van der Waals surface area (Å²) >= 11 is 13.6. The maximum atomic E-state index is 5.93. The minimum Gasteiger partial charge on any atom is -0.457 e. The SMILES string of the molecule is CCSc1ccc(Oc2ccc(Cl)c(Cl)c2)cc1. The maximum absolute atomic E-state index is 5.93. The molecule has 0 aliphatic carbocycles. The quantitative estimate of drug-likeness (QED) is 0.650. The minimum atomic E-state index is 0.493. The molecule has 0 atom stereocenters. The fourth-order valence-electron chi connectivity index (χ4n) is 1.45. The molecule has 0 unspecified atom stereocenters. The molecular formula is C14H12Cl2OS. The Bertz CT molecular complexity index is 526. The van der Waals surface area contributed by atoms with Crippen LogP contribution in [-0.2, 0) is 0 Å². The molecule has 0 spiro atoms. The van der Waals surface area contributed by atoms with Crippen LogP contribution >= 0.6 is 35.0 Å². The van der Waals surface area contributed by atoms with Gasteiger partial charge in [0.15, 0.2) is 0 Å². The van der Waals surface area contributed by atoms with Crippen LogP contribution in [-0.4, -0.2) is 5.75 Å². The molecule has 0 aromatic heterocycles. The molecule has 1 nitrogen and oxygen atoms in total. The first-order valence-electron chi connectivity index (χ1n) is 5.55. The first-order chi connectivity index (χ1) is 8.69. The van der Waals surface area contributed by atoms with Gasteiger partial charge in [0.1, 0.15) is 11.5 Å². The van der Waals surface area contributed by atoms with Crippen LogP contribution in [0.25, 0.3) is 0 Å². The molecule has 0 heterocycles. The van der Waals surface area contributed by atoms with Gasteiger partial charge in [-0.2, -0.15) is 0 Å². The molecule has 0 aliphatic heterocycles. The van der Waals surface area contributed by atoms with Gasteiger partial charge in [-0.15, -0.1) is 11.8 Å². The third-order valence-electron chi connectivity index (χ3n) is 2.26. The van der Waals surface area contributed by atoms with Crippen LogP contribution in [0.15, 0.2) is 47.4 Å². The molecule has 0 amide bonds. The van der Waals surface area contributed by atoms with Crippen molar-refractivity contribution in [2.75, 3.05) is 5.75 Å². The van der Waals surface area contributed by atoms with Crippen molar-refractivity contribution in [3.63, 3.8) is 0 Å². The minimum absolute atomic E-state index is 0.493. The highest BCUT2D eigenvalue weighted by molar-refractivity contribution is 7.99. The van der Waals surface area contributed by atoms with E-state index in [9.17, 15) is 0 Å². The summed E-state index contributed by atoms with van der Waals surface area (Å²) in [4.78, 5) is 1.24. The van der Waals surface area contributed by atoms with Crippen molar-refractivity contribution in [2.45, 2.75) is 11.8 Å². The lowest BCUT2D eigenvalue weighted by atomic mass is 10.3. The largest absolute Gasteiger partial charge is 0.457 e. The fraction of sp³-hybridized carbons (Fsp3) is 0.143. The van der Waals surface area contributed by atoms with Crippen LogP contribution in [0.2, 0.25) is 10.0 Å². The molecule has 0 fully saturated rings. The molecule has 18 heavy (non-hydrogen) atoms. The predicted molar refractivity (Wildman–Crippen MR) is 79.4 cm³/mol. The summed E-state index contributed by atoms with van der Waals surface area (Å²) in [5.41, 5.74) is 0. The lowest BCUT2D eigenvalue weighted by molar-refractivity contribution is 0.482. The van der Waals surface area contributed by atoms with Gasteiger partial charge in [-0.25, -0.2) is 0 Å². The molecule has 2 aromatic carbocycles. The van der Waals surface area contributed by atoms with E-state index in [4.69, 9.17) is 27.9 Å². The van der Waals surface area contributed by atoms with Gasteiger partial charge in [0, 0.05) is 11.0 Å². The van der Waals surface area contributed by atoms with Gasteiger partial charge >= 0.3 is 0 Å². The van der Waals surface area contributed by atoms with Gasteiger partial charge in [0.25, 0.3) is 0 Å². The van der Waals surface area contributed by atoms with Gasteiger partial charge in [0.2, 0.25) is 0 Å². The van der Waals surface area contributed by atoms with E-state index in [0.717, 1.165) is 11.5 Å². The highest BCUT2D eigenvalue weighted by Gasteiger charge is 2.02. The highest BCUT2D eigenvalue weighted by Crippen LogP contribution is 2.30. The van der Waals surface area contributed by atoms with Crippen molar-refractivity contribution in [3.05, 3.63) is 52.5 Å². The van der Waals surface area contributed by atoms with Crippen LogP contribution < -0.4 is 4.74 Å². The Morgan fingerprint density at radius 2 is 1.61 bits per heavy atom. The first kappa shape index (κ1) is 13.6. The molecule has 0 aliphatic rings. The third kappa shape index (κ3) is 3.58. The number of thioether (sulfide) groups is 1. The fourth-order valence-corrected chi connectivity index (χ4v) is 2.40. The second-order valence-electron chi connectivity index (χ2n) is 3.58. The van der Waals surface area contributed by atoms with Crippen molar-refractivity contribution in [1.29, 1.82) is 0 Å². The number of hydrogen-bond acceptors (Lipinski definition) is 2. The lowest BCUT2D eigenvalue weighted by Crippen LogP contribution is -1.84. The summed E-state index contributed by atoms with van der Waals surface area (Å²) in [7, 11) is 0. The Balaban J connectivity index is 2.10. The standard InChI is InChI=1S/C14H12Cl2OS/c1-2-18-12-6-3-10(4-7-12)17-11-5-8-13(15)14(16)9-11/h3-9H,2H2,1H3. The van der Waals surface area contributed by atoms with Crippen molar-refractivity contribution >= 4 is 35.0 Å². The Morgan fingerprint density at radius 3 is 2.22 bits per heavy atom. The van der Waals surface area contributed by atoms with Crippen LogP contribution in [0, 0.1) is 0 Å². The Kier molecular flexibility index (Phi) is 4.81. The van der Waals surface area contributed by atoms with Crippen LogP contribution in [0.5, 0.6) is 11.5 Å². The number of halogens is 2. The van der Waals surface area contributed by atoms with E-state index in [1.807, 2.05) is 24.3 Å². The molecule has 0 bridgehead atoms. The van der Waals surface area contributed by atoms with E-state index in [2.05, 4.69) is 6.92 Å². The second-order valence-corrected chi connectivity index (χ2v) is 5.73. The monoisotopic (exact) mass is 298 g/mol. The summed E-state index contributed by atoms with van der Waals surface area (Å²) < 4.78 is 5.69. The van der Waals surface area contributed by atoms with E-state index in [-0.39, 0.29) is 0 Å². The van der Waals surface area contributed by atoms with Crippen molar-refractivity contribution in [3.8, 4) is 11.5 Å². The average molecular weight is 299 g/mol. The Labute approximate surface area is 121 Å². The van der Waals surface area contributed by atoms with Crippen LogP contribution in [0.1, 0.15) is 6.92 Å². The molecule has 0 saturated heterocycles. The topological polar surface area (TPSA) is 9.23 Å². The van der Waals surface area contributed by atoms with Gasteiger partial charge in [0.05, 0.1) is 10.0 Å². The maximum Gasteiger partial charge on any atom is 0.129 e. The molecule has 94 valence electrons. The zero-order valence-electron chi connectivity index (χ0n) is 9.82. The zero-order valence-corrected chi connectivity index (χ0v) is 12.1. The molecule has 0 radical (unpaired) electrons. The van der Waals surface area contributed by atoms with E-state index >= 15 is 0 Å². The lowest BCUT2D eigenvalue weighted by Gasteiger charge is -2.07. The zero-order chi connectivity index (χ0) is 13.0. The van der Waals surface area contributed by atoms with Crippen molar-refractivity contribution < 1.29 is 4.74 Å². The predicted octanol–water partition coefficient (Wildman–Crippen LogP) is 5.90. The van der Waals surface area contributed by atoms with E-state index < -0.39 is 0 Å². The number of rotatable bonds is 4. The van der Waals surface area contributed by atoms with Gasteiger partial charge in [-0.1, -0.05) is 30.1 Å². The molecule has 0 N–H and O–H groups in total. The summed E-state index contributed by atoms with van der Waals surface area (Å²) in [5, 5.41) is 1.02. The van der Waals surface area contributed by atoms with Crippen LogP contribution in [0.3, 0.4) is 0 Å². The summed E-state index contributed by atoms with van der Waals surface area (Å²) in [6.07, 6.45) is 0. The first-order valence-corrected chi connectivity index (χ1v) is 7.29. The van der Waals surface area contributed by atoms with Gasteiger partial charge in [-0.05, 0) is 42.2 Å². The van der Waals surface area contributed by atoms with Crippen LogP contribution in [0.4, 0.5) is 0 Å². The van der Waals surface area contributed by atoms with Crippen molar-refractivity contribution in [2.24, 2.45) is 0 Å². The number of ether oxygens (including phenoxy) is 1. The van der Waals surface area contributed by atoms with E-state index in [0.29, 0.717) is 15.8 Å². The highest BCUT2D eigenvalue weighted by atomic mass is 35.5. The van der Waals surface area contributed by atoms with E-state index in [1.54, 1.807) is 30.0 Å². The number of benzene rings is 2. The summed E-state index contributed by atoms with van der Waals surface area (Å²) in [5.74, 6) is 2.53.